The van der Waals surface area contributed by atoms with Gasteiger partial charge in [-0.15, -0.1) is 0 Å². The maximum absolute atomic E-state index is 5.94. The Morgan fingerprint density at radius 3 is 2.90 bits per heavy atom. The van der Waals surface area contributed by atoms with Crippen molar-refractivity contribution in [2.45, 2.75) is 24.8 Å². The number of hydrogen-bond donors (Lipinski definition) is 0. The summed E-state index contributed by atoms with van der Waals surface area (Å²) in [6.45, 7) is 2.67. The molecule has 1 unspecified atom stereocenters. The number of para-hydroxylation sites is 1. The second kappa shape index (κ2) is 5.88. The molecule has 1 aliphatic rings. The van der Waals surface area contributed by atoms with E-state index in [0.29, 0.717) is 6.61 Å². The summed E-state index contributed by atoms with van der Waals surface area (Å²) >= 11 is 3.51. The van der Waals surface area contributed by atoms with Crippen molar-refractivity contribution < 1.29 is 9.47 Å². The van der Waals surface area contributed by atoms with Crippen LogP contribution in [0.1, 0.15) is 16.7 Å². The molecule has 0 bridgehead atoms. The fourth-order valence-corrected chi connectivity index (χ4v) is 2.92. The minimum absolute atomic E-state index is 0.108. The van der Waals surface area contributed by atoms with Crippen LogP contribution in [0.2, 0.25) is 0 Å². The summed E-state index contributed by atoms with van der Waals surface area (Å²) in [5, 5.41) is 0.801. The molecule has 0 aliphatic carbocycles. The van der Waals surface area contributed by atoms with Crippen LogP contribution in [0, 0.1) is 6.92 Å². The predicted molar refractivity (Wildman–Crippen MR) is 83.9 cm³/mol. The molecule has 3 heteroatoms. The molecule has 2 aromatic rings. The Labute approximate surface area is 127 Å². The molecule has 0 spiro atoms. The molecular formula is C17H17BrO2. The van der Waals surface area contributed by atoms with Gasteiger partial charge in [-0.3, -0.25) is 0 Å². The second-order valence-corrected chi connectivity index (χ2v) is 5.67. The molecule has 104 valence electrons. The zero-order valence-electron chi connectivity index (χ0n) is 11.4. The Morgan fingerprint density at radius 2 is 2.10 bits per heavy atom. The first-order valence-corrected chi connectivity index (χ1v) is 7.91. The number of fused-ring (bicyclic) bond motifs is 1. The van der Waals surface area contributed by atoms with Crippen LogP contribution in [0.5, 0.6) is 11.5 Å². The number of rotatable bonds is 4. The molecule has 1 aliphatic heterocycles. The summed E-state index contributed by atoms with van der Waals surface area (Å²) in [6, 6.07) is 14.4. The lowest BCUT2D eigenvalue weighted by Gasteiger charge is -2.15. The van der Waals surface area contributed by atoms with Gasteiger partial charge >= 0.3 is 0 Å². The minimum atomic E-state index is 0.108. The SMILES string of the molecule is Cc1ccc(OCC2Cc3ccccc3O2)c(CBr)c1. The number of benzene rings is 2. The molecule has 0 amide bonds. The molecule has 20 heavy (non-hydrogen) atoms. The van der Waals surface area contributed by atoms with E-state index in [0.717, 1.165) is 23.2 Å². The zero-order chi connectivity index (χ0) is 13.9. The van der Waals surface area contributed by atoms with Crippen molar-refractivity contribution in [2.75, 3.05) is 6.61 Å². The third-order valence-corrected chi connectivity index (χ3v) is 4.10. The van der Waals surface area contributed by atoms with Crippen molar-refractivity contribution in [3.8, 4) is 11.5 Å². The van der Waals surface area contributed by atoms with Crippen LogP contribution >= 0.6 is 15.9 Å². The Morgan fingerprint density at radius 1 is 1.25 bits per heavy atom. The third kappa shape index (κ3) is 2.83. The summed E-state index contributed by atoms with van der Waals surface area (Å²) in [5.41, 5.74) is 3.70. The monoisotopic (exact) mass is 332 g/mol. The van der Waals surface area contributed by atoms with Gasteiger partial charge in [0.15, 0.2) is 0 Å². The van der Waals surface area contributed by atoms with Crippen molar-refractivity contribution in [1.29, 1.82) is 0 Å². The molecular weight excluding hydrogens is 316 g/mol. The van der Waals surface area contributed by atoms with Crippen LogP contribution in [-0.4, -0.2) is 12.7 Å². The molecule has 0 aromatic heterocycles. The maximum atomic E-state index is 5.94. The minimum Gasteiger partial charge on any atom is -0.489 e. The fraction of sp³-hybridized carbons (Fsp3) is 0.294. The highest BCUT2D eigenvalue weighted by Crippen LogP contribution is 2.29. The molecule has 1 atom stereocenters. The first-order chi connectivity index (χ1) is 9.76. The Kier molecular flexibility index (Phi) is 3.97. The molecule has 2 nitrogen and oxygen atoms in total. The van der Waals surface area contributed by atoms with Crippen molar-refractivity contribution in [2.24, 2.45) is 0 Å². The highest BCUT2D eigenvalue weighted by atomic mass is 79.9. The van der Waals surface area contributed by atoms with Crippen LogP contribution in [0.25, 0.3) is 0 Å². The van der Waals surface area contributed by atoms with E-state index in [1.54, 1.807) is 0 Å². The molecule has 0 N–H and O–H groups in total. The smallest absolute Gasteiger partial charge is 0.137 e. The van der Waals surface area contributed by atoms with Gasteiger partial charge in [0.1, 0.15) is 24.2 Å². The number of alkyl halides is 1. The van der Waals surface area contributed by atoms with Gasteiger partial charge in [0.05, 0.1) is 0 Å². The summed E-state index contributed by atoms with van der Waals surface area (Å²) in [5.74, 6) is 1.93. The average Bonchev–Trinajstić information content (AvgIpc) is 2.88. The van der Waals surface area contributed by atoms with Gasteiger partial charge < -0.3 is 9.47 Å². The van der Waals surface area contributed by atoms with Gasteiger partial charge in [-0.05, 0) is 24.6 Å². The van der Waals surface area contributed by atoms with Gasteiger partial charge in [0, 0.05) is 17.3 Å². The van der Waals surface area contributed by atoms with Crippen molar-refractivity contribution >= 4 is 15.9 Å². The Bertz CT molecular complexity index is 585. The molecule has 0 radical (unpaired) electrons. The quantitative estimate of drug-likeness (QED) is 0.778. The fourth-order valence-electron chi connectivity index (χ4n) is 2.48. The standard InChI is InChI=1S/C17H17BrO2/c1-12-6-7-16(14(8-12)10-18)19-11-15-9-13-4-2-3-5-17(13)20-15/h2-8,15H,9-11H2,1H3. The van der Waals surface area contributed by atoms with Crippen molar-refractivity contribution in [3.63, 3.8) is 0 Å². The first-order valence-electron chi connectivity index (χ1n) is 6.79. The summed E-state index contributed by atoms with van der Waals surface area (Å²) < 4.78 is 11.8. The van der Waals surface area contributed by atoms with Crippen molar-refractivity contribution in [1.82, 2.24) is 0 Å². The van der Waals surface area contributed by atoms with E-state index in [2.05, 4.69) is 41.1 Å². The van der Waals surface area contributed by atoms with E-state index in [1.165, 1.54) is 16.7 Å². The van der Waals surface area contributed by atoms with Crippen LogP contribution in [0.15, 0.2) is 42.5 Å². The predicted octanol–water partition coefficient (Wildman–Crippen LogP) is 4.27. The highest BCUT2D eigenvalue weighted by molar-refractivity contribution is 9.08. The zero-order valence-corrected chi connectivity index (χ0v) is 13.0. The molecule has 0 saturated carbocycles. The Balaban J connectivity index is 1.64. The van der Waals surface area contributed by atoms with Crippen LogP contribution in [0.3, 0.4) is 0 Å². The molecule has 1 heterocycles. The highest BCUT2D eigenvalue weighted by Gasteiger charge is 2.23. The Hall–Kier alpha value is -1.48. The van der Waals surface area contributed by atoms with E-state index in [9.17, 15) is 0 Å². The van der Waals surface area contributed by atoms with Gasteiger partial charge in [0.25, 0.3) is 0 Å². The van der Waals surface area contributed by atoms with E-state index < -0.39 is 0 Å². The van der Waals surface area contributed by atoms with Gasteiger partial charge in [-0.2, -0.15) is 0 Å². The number of aryl methyl sites for hydroxylation is 1. The molecule has 3 rings (SSSR count). The second-order valence-electron chi connectivity index (χ2n) is 5.11. The number of halogens is 1. The lowest BCUT2D eigenvalue weighted by molar-refractivity contribution is 0.148. The lowest BCUT2D eigenvalue weighted by Crippen LogP contribution is -2.22. The van der Waals surface area contributed by atoms with E-state index >= 15 is 0 Å². The van der Waals surface area contributed by atoms with Gasteiger partial charge in [-0.25, -0.2) is 0 Å². The van der Waals surface area contributed by atoms with Gasteiger partial charge in [0.2, 0.25) is 0 Å². The summed E-state index contributed by atoms with van der Waals surface area (Å²) in [4.78, 5) is 0. The van der Waals surface area contributed by atoms with Crippen molar-refractivity contribution in [3.05, 3.63) is 59.2 Å². The lowest BCUT2D eigenvalue weighted by atomic mass is 10.1. The molecule has 0 saturated heterocycles. The molecule has 0 fully saturated rings. The first kappa shape index (κ1) is 13.5. The third-order valence-electron chi connectivity index (χ3n) is 3.50. The van der Waals surface area contributed by atoms with E-state index in [-0.39, 0.29) is 6.10 Å². The van der Waals surface area contributed by atoms with E-state index in [4.69, 9.17) is 9.47 Å². The summed E-state index contributed by atoms with van der Waals surface area (Å²) in [6.07, 6.45) is 1.03. The van der Waals surface area contributed by atoms with Gasteiger partial charge in [-0.1, -0.05) is 51.8 Å². The molecule has 2 aromatic carbocycles. The maximum Gasteiger partial charge on any atom is 0.137 e. The number of hydrogen-bond acceptors (Lipinski definition) is 2. The summed E-state index contributed by atoms with van der Waals surface area (Å²) in [7, 11) is 0. The normalized spacial score (nSPS) is 16.6. The van der Waals surface area contributed by atoms with E-state index in [1.807, 2.05) is 24.3 Å². The van der Waals surface area contributed by atoms with Crippen LogP contribution in [0.4, 0.5) is 0 Å². The van der Waals surface area contributed by atoms with Crippen LogP contribution in [-0.2, 0) is 11.8 Å². The number of ether oxygens (including phenoxy) is 2. The van der Waals surface area contributed by atoms with Crippen LogP contribution < -0.4 is 9.47 Å². The average molecular weight is 333 g/mol. The largest absolute Gasteiger partial charge is 0.489 e. The topological polar surface area (TPSA) is 18.5 Å².